The zero-order valence-electron chi connectivity index (χ0n) is 10.8. The molecule has 2 heterocycles. The molecular formula is C12H20N2O4. The highest BCUT2D eigenvalue weighted by atomic mass is 16.6. The number of hydrogen-bond acceptors (Lipinski definition) is 5. The van der Waals surface area contributed by atoms with Gasteiger partial charge in [-0.25, -0.2) is 4.79 Å². The van der Waals surface area contributed by atoms with Gasteiger partial charge in [0.05, 0.1) is 20.3 Å². The van der Waals surface area contributed by atoms with Crippen molar-refractivity contribution in [1.29, 1.82) is 0 Å². The highest BCUT2D eigenvalue weighted by Gasteiger charge is 2.29. The van der Waals surface area contributed by atoms with Gasteiger partial charge in [-0.05, 0) is 12.8 Å². The Labute approximate surface area is 107 Å². The molecule has 2 aliphatic heterocycles. The summed E-state index contributed by atoms with van der Waals surface area (Å²) >= 11 is 0. The summed E-state index contributed by atoms with van der Waals surface area (Å²) in [7, 11) is 1.35. The lowest BCUT2D eigenvalue weighted by Gasteiger charge is -2.31. The standard InChI is InChI=1S/C12H20N2O4/c1-17-12(16)10-8-13(6-7-18-10)9-11(15)14-4-2-3-5-14/h10H,2-9H2,1H3. The van der Waals surface area contributed by atoms with Crippen LogP contribution in [0.2, 0.25) is 0 Å². The highest BCUT2D eigenvalue weighted by molar-refractivity contribution is 5.79. The average molecular weight is 256 g/mol. The lowest BCUT2D eigenvalue weighted by Crippen LogP contribution is -2.50. The van der Waals surface area contributed by atoms with Gasteiger partial charge in [-0.1, -0.05) is 0 Å². The molecule has 0 bridgehead atoms. The molecule has 0 N–H and O–H groups in total. The quantitative estimate of drug-likeness (QED) is 0.636. The molecule has 1 atom stereocenters. The van der Waals surface area contributed by atoms with Gasteiger partial charge in [-0.15, -0.1) is 0 Å². The van der Waals surface area contributed by atoms with Crippen molar-refractivity contribution in [3.63, 3.8) is 0 Å². The molecule has 0 saturated carbocycles. The van der Waals surface area contributed by atoms with Gasteiger partial charge in [-0.2, -0.15) is 0 Å². The molecule has 1 unspecified atom stereocenters. The van der Waals surface area contributed by atoms with E-state index in [1.807, 2.05) is 9.80 Å². The van der Waals surface area contributed by atoms with E-state index in [2.05, 4.69) is 4.74 Å². The summed E-state index contributed by atoms with van der Waals surface area (Å²) in [6.07, 6.45) is 1.63. The fourth-order valence-corrected chi connectivity index (χ4v) is 2.38. The molecule has 2 aliphatic rings. The molecule has 2 rings (SSSR count). The van der Waals surface area contributed by atoms with Crippen molar-refractivity contribution in [2.45, 2.75) is 18.9 Å². The van der Waals surface area contributed by atoms with Crippen molar-refractivity contribution >= 4 is 11.9 Å². The van der Waals surface area contributed by atoms with Crippen LogP contribution in [0.3, 0.4) is 0 Å². The monoisotopic (exact) mass is 256 g/mol. The Morgan fingerprint density at radius 1 is 1.28 bits per heavy atom. The molecule has 0 aromatic heterocycles. The number of nitrogens with zero attached hydrogens (tertiary/aromatic N) is 2. The molecule has 0 aromatic carbocycles. The van der Waals surface area contributed by atoms with Crippen LogP contribution in [-0.2, 0) is 19.1 Å². The van der Waals surface area contributed by atoms with Gasteiger partial charge in [0.15, 0.2) is 6.10 Å². The molecule has 102 valence electrons. The van der Waals surface area contributed by atoms with Crippen LogP contribution in [0, 0.1) is 0 Å². The molecule has 0 spiro atoms. The highest BCUT2D eigenvalue weighted by Crippen LogP contribution is 2.10. The number of morpholine rings is 1. The molecular weight excluding hydrogens is 236 g/mol. The smallest absolute Gasteiger partial charge is 0.336 e. The number of carbonyl (C=O) groups is 2. The van der Waals surface area contributed by atoms with Gasteiger partial charge in [0.2, 0.25) is 5.91 Å². The predicted octanol–water partition coefficient (Wildman–Crippen LogP) is -0.517. The number of rotatable bonds is 3. The maximum atomic E-state index is 12.0. The molecule has 0 aromatic rings. The molecule has 0 radical (unpaired) electrons. The van der Waals surface area contributed by atoms with Crippen LogP contribution in [-0.4, -0.2) is 74.2 Å². The Hall–Kier alpha value is -1.14. The Morgan fingerprint density at radius 2 is 2.00 bits per heavy atom. The van der Waals surface area contributed by atoms with Crippen LogP contribution < -0.4 is 0 Å². The van der Waals surface area contributed by atoms with Crippen LogP contribution in [0.1, 0.15) is 12.8 Å². The van der Waals surface area contributed by atoms with Crippen molar-refractivity contribution in [3.8, 4) is 0 Å². The fourth-order valence-electron chi connectivity index (χ4n) is 2.38. The van der Waals surface area contributed by atoms with Gasteiger partial charge in [0.1, 0.15) is 0 Å². The van der Waals surface area contributed by atoms with E-state index < -0.39 is 6.10 Å². The van der Waals surface area contributed by atoms with E-state index in [1.54, 1.807) is 0 Å². The Morgan fingerprint density at radius 3 is 2.67 bits per heavy atom. The number of amides is 1. The lowest BCUT2D eigenvalue weighted by atomic mass is 10.2. The summed E-state index contributed by atoms with van der Waals surface area (Å²) in [5.74, 6) is -0.216. The van der Waals surface area contributed by atoms with Crippen molar-refractivity contribution in [1.82, 2.24) is 9.80 Å². The number of likely N-dealkylation sites (tertiary alicyclic amines) is 1. The molecule has 2 fully saturated rings. The first-order valence-electron chi connectivity index (χ1n) is 6.40. The van der Waals surface area contributed by atoms with E-state index in [4.69, 9.17) is 4.74 Å². The van der Waals surface area contributed by atoms with E-state index >= 15 is 0 Å². The molecule has 18 heavy (non-hydrogen) atoms. The van der Waals surface area contributed by atoms with Crippen LogP contribution in [0.25, 0.3) is 0 Å². The summed E-state index contributed by atoms with van der Waals surface area (Å²) in [4.78, 5) is 27.2. The second kappa shape index (κ2) is 6.15. The van der Waals surface area contributed by atoms with Crippen molar-refractivity contribution in [3.05, 3.63) is 0 Å². The number of hydrogen-bond donors (Lipinski definition) is 0. The normalized spacial score (nSPS) is 25.2. The van der Waals surface area contributed by atoms with Gasteiger partial charge >= 0.3 is 5.97 Å². The number of ether oxygens (including phenoxy) is 2. The van der Waals surface area contributed by atoms with Crippen LogP contribution in [0.15, 0.2) is 0 Å². The predicted molar refractivity (Wildman–Crippen MR) is 64.0 cm³/mol. The Bertz CT molecular complexity index is 315. The summed E-state index contributed by atoms with van der Waals surface area (Å²) < 4.78 is 9.98. The Kier molecular flexibility index (Phi) is 4.54. The first kappa shape index (κ1) is 13.3. The largest absolute Gasteiger partial charge is 0.467 e. The maximum absolute atomic E-state index is 12.0. The number of methoxy groups -OCH3 is 1. The summed E-state index contributed by atoms with van der Waals surface area (Å²) in [6.45, 7) is 3.69. The minimum Gasteiger partial charge on any atom is -0.467 e. The third-order valence-electron chi connectivity index (χ3n) is 3.43. The van der Waals surface area contributed by atoms with Gasteiger partial charge in [-0.3, -0.25) is 9.69 Å². The topological polar surface area (TPSA) is 59.1 Å². The minimum atomic E-state index is -0.560. The maximum Gasteiger partial charge on any atom is 0.336 e. The van der Waals surface area contributed by atoms with Crippen LogP contribution in [0.5, 0.6) is 0 Å². The van der Waals surface area contributed by atoms with Crippen molar-refractivity contribution < 1.29 is 19.1 Å². The molecule has 2 saturated heterocycles. The van der Waals surface area contributed by atoms with E-state index in [0.29, 0.717) is 26.2 Å². The molecule has 6 nitrogen and oxygen atoms in total. The SMILES string of the molecule is COC(=O)C1CN(CC(=O)N2CCCC2)CCO1. The van der Waals surface area contributed by atoms with Crippen molar-refractivity contribution in [2.24, 2.45) is 0 Å². The summed E-state index contributed by atoms with van der Waals surface area (Å²) in [5.41, 5.74) is 0. The summed E-state index contributed by atoms with van der Waals surface area (Å²) in [5, 5.41) is 0. The average Bonchev–Trinajstić information content (AvgIpc) is 2.92. The summed E-state index contributed by atoms with van der Waals surface area (Å²) in [6, 6.07) is 0. The van der Waals surface area contributed by atoms with E-state index in [9.17, 15) is 9.59 Å². The van der Waals surface area contributed by atoms with Crippen molar-refractivity contribution in [2.75, 3.05) is 46.4 Å². The zero-order valence-corrected chi connectivity index (χ0v) is 10.8. The van der Waals surface area contributed by atoms with Crippen LogP contribution in [0.4, 0.5) is 0 Å². The Balaban J connectivity index is 1.81. The fraction of sp³-hybridized carbons (Fsp3) is 0.833. The van der Waals surface area contributed by atoms with Gasteiger partial charge in [0, 0.05) is 26.2 Å². The molecule has 0 aliphatic carbocycles. The first-order chi connectivity index (χ1) is 8.70. The number of esters is 1. The van der Waals surface area contributed by atoms with Crippen LogP contribution >= 0.6 is 0 Å². The molecule has 6 heteroatoms. The minimum absolute atomic E-state index is 0.151. The van der Waals surface area contributed by atoms with Gasteiger partial charge in [0.25, 0.3) is 0 Å². The third kappa shape index (κ3) is 3.20. The third-order valence-corrected chi connectivity index (χ3v) is 3.43. The van der Waals surface area contributed by atoms with E-state index in [1.165, 1.54) is 7.11 Å². The lowest BCUT2D eigenvalue weighted by molar-refractivity contribution is -0.160. The first-order valence-corrected chi connectivity index (χ1v) is 6.40. The zero-order chi connectivity index (χ0) is 13.0. The molecule has 1 amide bonds. The van der Waals surface area contributed by atoms with Gasteiger partial charge < -0.3 is 14.4 Å². The second-order valence-corrected chi connectivity index (χ2v) is 4.71. The van der Waals surface area contributed by atoms with E-state index in [0.717, 1.165) is 25.9 Å². The van der Waals surface area contributed by atoms with E-state index in [-0.39, 0.29) is 11.9 Å². The number of carbonyl (C=O) groups excluding carboxylic acids is 2. The second-order valence-electron chi connectivity index (χ2n) is 4.71.